The molecule has 5 rings (SSSR count). The van der Waals surface area contributed by atoms with Crippen molar-refractivity contribution in [3.05, 3.63) is 53.0 Å². The molecule has 1 aliphatic carbocycles. The van der Waals surface area contributed by atoms with Crippen LogP contribution in [0.2, 0.25) is 5.02 Å². The van der Waals surface area contributed by atoms with E-state index in [4.69, 9.17) is 23.1 Å². The zero-order valence-electron chi connectivity index (χ0n) is 19.7. The van der Waals surface area contributed by atoms with Gasteiger partial charge in [-0.25, -0.2) is 9.67 Å². The van der Waals surface area contributed by atoms with Crippen molar-refractivity contribution < 1.29 is 14.7 Å². The summed E-state index contributed by atoms with van der Waals surface area (Å²) in [6, 6.07) is 3.28. The number of aromatic nitrogens is 4. The summed E-state index contributed by atoms with van der Waals surface area (Å²) in [5.74, 6) is 4.85. The van der Waals surface area contributed by atoms with Crippen molar-refractivity contribution in [1.29, 1.82) is 0 Å². The number of halogens is 1. The number of aliphatic hydroxyl groups excluding tert-OH is 1. The van der Waals surface area contributed by atoms with Crippen LogP contribution >= 0.6 is 11.6 Å². The smallest absolute Gasteiger partial charge is 0.255 e. The highest BCUT2D eigenvalue weighted by Crippen LogP contribution is 2.38. The molecule has 5 N–H and O–H groups in total. The Morgan fingerprint density at radius 2 is 2.06 bits per heavy atom. The molecule has 1 saturated heterocycles. The van der Waals surface area contributed by atoms with Crippen molar-refractivity contribution in [3.8, 4) is 11.8 Å². The number of hydrogen-bond donors (Lipinski definition) is 3. The standard InChI is InChI=1S/C25H26ClN7O3/c1-3-22(35)31-11-16(9-20(31)13(2)34)33-24(27)23(25(28)36)18(30-33)7-4-14-8-19-21(10-17(14)26)32(12-29-19)15-5-6-15/h3,8,10,12-13,15-16,20,34H,1,5-6,9,11,27H2,2H3,(H2,28,36)/t13?,16-,20+/m0/s1. The summed E-state index contributed by atoms with van der Waals surface area (Å²) in [5.41, 5.74) is 14.3. The summed E-state index contributed by atoms with van der Waals surface area (Å²) in [6.45, 7) is 5.39. The van der Waals surface area contributed by atoms with E-state index < -0.39 is 18.1 Å². The van der Waals surface area contributed by atoms with Gasteiger partial charge in [0.05, 0.1) is 40.6 Å². The minimum absolute atomic E-state index is 0.000180. The zero-order valence-corrected chi connectivity index (χ0v) is 20.4. The van der Waals surface area contributed by atoms with Gasteiger partial charge in [0.2, 0.25) is 5.91 Å². The third-order valence-electron chi connectivity index (χ3n) is 6.80. The van der Waals surface area contributed by atoms with Gasteiger partial charge in [-0.05, 0) is 50.3 Å². The highest BCUT2D eigenvalue weighted by atomic mass is 35.5. The molecule has 11 heteroatoms. The average Bonchev–Trinajstić information content (AvgIpc) is 3.30. The van der Waals surface area contributed by atoms with E-state index in [2.05, 4.69) is 33.1 Å². The first-order valence-corrected chi connectivity index (χ1v) is 12.0. The maximum atomic E-state index is 12.3. The number of carbonyl (C=O) groups excluding carboxylic acids is 2. The van der Waals surface area contributed by atoms with Crippen molar-refractivity contribution >= 4 is 40.3 Å². The number of anilines is 1. The topological polar surface area (TPSA) is 145 Å². The summed E-state index contributed by atoms with van der Waals surface area (Å²) >= 11 is 6.52. The molecule has 1 aliphatic heterocycles. The highest BCUT2D eigenvalue weighted by Gasteiger charge is 2.39. The quantitative estimate of drug-likeness (QED) is 0.356. The van der Waals surface area contributed by atoms with Crippen LogP contribution in [-0.4, -0.2) is 59.8 Å². The molecule has 0 radical (unpaired) electrons. The zero-order chi connectivity index (χ0) is 25.7. The molecule has 1 unspecified atom stereocenters. The van der Waals surface area contributed by atoms with Gasteiger partial charge in [-0.2, -0.15) is 5.10 Å². The van der Waals surface area contributed by atoms with E-state index in [1.165, 1.54) is 15.7 Å². The van der Waals surface area contributed by atoms with E-state index in [1.807, 2.05) is 12.4 Å². The largest absolute Gasteiger partial charge is 0.391 e. The summed E-state index contributed by atoms with van der Waals surface area (Å²) < 4.78 is 3.58. The van der Waals surface area contributed by atoms with E-state index in [-0.39, 0.29) is 35.6 Å². The van der Waals surface area contributed by atoms with Crippen LogP contribution in [0.4, 0.5) is 5.82 Å². The van der Waals surface area contributed by atoms with Gasteiger partial charge in [0, 0.05) is 18.2 Å². The SMILES string of the molecule is C=CC(=O)N1C[C@@H](n2nc(C#Cc3cc4ncn(C5CC5)c4cc3Cl)c(C(N)=O)c2N)C[C@@H]1C(C)O. The molecule has 10 nitrogen and oxygen atoms in total. The molecule has 0 spiro atoms. The van der Waals surface area contributed by atoms with E-state index in [0.29, 0.717) is 23.0 Å². The number of nitrogen functional groups attached to an aromatic ring is 1. The summed E-state index contributed by atoms with van der Waals surface area (Å²) in [7, 11) is 0. The predicted molar refractivity (Wildman–Crippen MR) is 135 cm³/mol. The molecular weight excluding hydrogens is 482 g/mol. The third-order valence-corrected chi connectivity index (χ3v) is 7.11. The van der Waals surface area contributed by atoms with Crippen LogP contribution < -0.4 is 11.5 Å². The lowest BCUT2D eigenvalue weighted by molar-refractivity contribution is -0.128. The lowest BCUT2D eigenvalue weighted by atomic mass is 10.1. The number of benzene rings is 1. The molecule has 1 saturated carbocycles. The Hall–Kier alpha value is -3.81. The van der Waals surface area contributed by atoms with Crippen LogP contribution in [0, 0.1) is 11.8 Å². The molecule has 3 aromatic rings. The number of carbonyl (C=O) groups is 2. The van der Waals surface area contributed by atoms with Crippen molar-refractivity contribution in [1.82, 2.24) is 24.2 Å². The molecule has 186 valence electrons. The maximum Gasteiger partial charge on any atom is 0.255 e. The van der Waals surface area contributed by atoms with Crippen molar-refractivity contribution in [2.45, 2.75) is 50.4 Å². The number of nitrogens with zero attached hydrogens (tertiary/aromatic N) is 5. The monoisotopic (exact) mass is 507 g/mol. The summed E-state index contributed by atoms with van der Waals surface area (Å²) in [5, 5.41) is 15.1. The minimum Gasteiger partial charge on any atom is -0.391 e. The number of hydrogen-bond acceptors (Lipinski definition) is 6. The van der Waals surface area contributed by atoms with E-state index >= 15 is 0 Å². The number of rotatable bonds is 5. The fourth-order valence-corrected chi connectivity index (χ4v) is 5.02. The second-order valence-electron chi connectivity index (χ2n) is 9.26. The Morgan fingerprint density at radius 1 is 1.31 bits per heavy atom. The summed E-state index contributed by atoms with van der Waals surface area (Å²) in [4.78, 5) is 30.6. The average molecular weight is 508 g/mol. The van der Waals surface area contributed by atoms with Crippen LogP contribution in [-0.2, 0) is 4.79 Å². The van der Waals surface area contributed by atoms with Gasteiger partial charge in [-0.15, -0.1) is 0 Å². The van der Waals surface area contributed by atoms with Crippen LogP contribution in [0.5, 0.6) is 0 Å². The van der Waals surface area contributed by atoms with Crippen molar-refractivity contribution in [3.63, 3.8) is 0 Å². The number of fused-ring (bicyclic) bond motifs is 1. The molecule has 2 amide bonds. The number of imidazole rings is 1. The van der Waals surface area contributed by atoms with Gasteiger partial charge >= 0.3 is 0 Å². The van der Waals surface area contributed by atoms with Gasteiger partial charge in [0.1, 0.15) is 11.4 Å². The van der Waals surface area contributed by atoms with E-state index in [9.17, 15) is 14.7 Å². The third kappa shape index (κ3) is 4.10. The number of likely N-dealkylation sites (tertiary alicyclic amines) is 1. The molecule has 2 aromatic heterocycles. The van der Waals surface area contributed by atoms with Crippen molar-refractivity contribution in [2.75, 3.05) is 12.3 Å². The second-order valence-corrected chi connectivity index (χ2v) is 9.67. The predicted octanol–water partition coefficient (Wildman–Crippen LogP) is 2.01. The van der Waals surface area contributed by atoms with Crippen LogP contribution in [0.25, 0.3) is 11.0 Å². The normalized spacial score (nSPS) is 20.2. The summed E-state index contributed by atoms with van der Waals surface area (Å²) in [6.07, 6.45) is 4.88. The molecule has 1 aromatic carbocycles. The number of aliphatic hydroxyl groups is 1. The highest BCUT2D eigenvalue weighted by molar-refractivity contribution is 6.32. The van der Waals surface area contributed by atoms with Crippen LogP contribution in [0.15, 0.2) is 31.1 Å². The fraction of sp³-hybridized carbons (Fsp3) is 0.360. The van der Waals surface area contributed by atoms with Gasteiger partial charge < -0.3 is 26.0 Å². The first-order chi connectivity index (χ1) is 17.2. The Morgan fingerprint density at radius 3 is 2.69 bits per heavy atom. The molecule has 0 bridgehead atoms. The molecule has 36 heavy (non-hydrogen) atoms. The lowest BCUT2D eigenvalue weighted by Gasteiger charge is -2.25. The van der Waals surface area contributed by atoms with Crippen LogP contribution in [0.1, 0.15) is 59.9 Å². The molecule has 2 aliphatic rings. The Balaban J connectivity index is 1.50. The lowest BCUT2D eigenvalue weighted by Crippen LogP contribution is -2.40. The minimum atomic E-state index is -0.772. The number of primary amides is 1. The molecular formula is C25H26ClN7O3. The number of nitrogens with two attached hydrogens (primary N) is 2. The van der Waals surface area contributed by atoms with Gasteiger partial charge in [0.25, 0.3) is 5.91 Å². The Labute approximate surface area is 212 Å². The molecule has 3 heterocycles. The van der Waals surface area contributed by atoms with Gasteiger partial charge in [-0.3, -0.25) is 9.59 Å². The van der Waals surface area contributed by atoms with Gasteiger partial charge in [0.15, 0.2) is 5.69 Å². The maximum absolute atomic E-state index is 12.3. The van der Waals surface area contributed by atoms with Crippen molar-refractivity contribution in [2.24, 2.45) is 5.73 Å². The Kier molecular flexibility index (Phi) is 5.98. The Bertz CT molecular complexity index is 1460. The molecule has 3 atom stereocenters. The van der Waals surface area contributed by atoms with Gasteiger partial charge in [-0.1, -0.05) is 24.1 Å². The second kappa shape index (κ2) is 9.00. The number of amides is 2. The first-order valence-electron chi connectivity index (χ1n) is 11.7. The van der Waals surface area contributed by atoms with E-state index in [1.54, 1.807) is 13.0 Å². The fourth-order valence-electron chi connectivity index (χ4n) is 4.82. The van der Waals surface area contributed by atoms with E-state index in [0.717, 1.165) is 23.9 Å². The van der Waals surface area contributed by atoms with Crippen LogP contribution in [0.3, 0.4) is 0 Å². The first kappa shape index (κ1) is 23.9. The molecule has 2 fully saturated rings.